The molecule has 0 aliphatic heterocycles. The lowest BCUT2D eigenvalue weighted by atomic mass is 10.1. The van der Waals surface area contributed by atoms with Crippen molar-refractivity contribution in [3.05, 3.63) is 77.2 Å². The molecule has 0 aliphatic rings. The summed E-state index contributed by atoms with van der Waals surface area (Å²) in [4.78, 5) is 24.9. The summed E-state index contributed by atoms with van der Waals surface area (Å²) in [5, 5.41) is 5.05. The minimum atomic E-state index is -0.110. The predicted octanol–water partition coefficient (Wildman–Crippen LogP) is 3.52. The summed E-state index contributed by atoms with van der Waals surface area (Å²) in [6, 6.07) is 21.4. The van der Waals surface area contributed by atoms with Gasteiger partial charge in [-0.2, -0.15) is 0 Å². The minimum absolute atomic E-state index is 0.107. The van der Waals surface area contributed by atoms with E-state index in [4.69, 9.17) is 0 Å². The van der Waals surface area contributed by atoms with Crippen LogP contribution in [0.15, 0.2) is 71.5 Å². The number of hydrogen-bond donors (Lipinski definition) is 1. The molecule has 0 saturated carbocycles. The lowest BCUT2D eigenvalue weighted by molar-refractivity contribution is -0.116. The quantitative estimate of drug-likeness (QED) is 0.615. The van der Waals surface area contributed by atoms with Gasteiger partial charge < -0.3 is 5.32 Å². The van der Waals surface area contributed by atoms with Crippen LogP contribution in [0.2, 0.25) is 0 Å². The van der Waals surface area contributed by atoms with E-state index in [0.29, 0.717) is 6.54 Å². The van der Waals surface area contributed by atoms with Gasteiger partial charge in [-0.3, -0.25) is 13.9 Å². The monoisotopic (exact) mass is 345 g/mol. The van der Waals surface area contributed by atoms with Crippen LogP contribution in [-0.2, 0) is 18.4 Å². The normalized spacial score (nSPS) is 11.1. The summed E-state index contributed by atoms with van der Waals surface area (Å²) in [5.41, 5.74) is 2.40. The van der Waals surface area contributed by atoms with Gasteiger partial charge in [-0.25, -0.2) is 4.79 Å². The molecule has 0 atom stereocenters. The first-order valence-electron chi connectivity index (χ1n) is 8.57. The molecule has 1 aromatic heterocycles. The molecule has 0 fully saturated rings. The second-order valence-corrected chi connectivity index (χ2v) is 6.31. The van der Waals surface area contributed by atoms with Crippen LogP contribution in [0.1, 0.15) is 6.42 Å². The van der Waals surface area contributed by atoms with Crippen molar-refractivity contribution in [1.29, 1.82) is 0 Å². The van der Waals surface area contributed by atoms with E-state index >= 15 is 0 Å². The molecule has 1 amide bonds. The van der Waals surface area contributed by atoms with E-state index in [1.807, 2.05) is 66.7 Å². The van der Waals surface area contributed by atoms with Crippen molar-refractivity contribution in [2.24, 2.45) is 7.05 Å². The van der Waals surface area contributed by atoms with E-state index < -0.39 is 0 Å². The van der Waals surface area contributed by atoms with Crippen molar-refractivity contribution >= 4 is 33.4 Å². The average Bonchev–Trinajstić information content (AvgIpc) is 2.91. The van der Waals surface area contributed by atoms with Gasteiger partial charge in [-0.05, 0) is 23.6 Å². The van der Waals surface area contributed by atoms with Crippen molar-refractivity contribution < 1.29 is 4.79 Å². The lowest BCUT2D eigenvalue weighted by Crippen LogP contribution is -2.24. The van der Waals surface area contributed by atoms with Crippen LogP contribution in [0.4, 0.5) is 5.69 Å². The average molecular weight is 345 g/mol. The van der Waals surface area contributed by atoms with Crippen molar-refractivity contribution in [2.45, 2.75) is 13.0 Å². The van der Waals surface area contributed by atoms with E-state index in [0.717, 1.165) is 27.5 Å². The highest BCUT2D eigenvalue weighted by Crippen LogP contribution is 2.23. The summed E-state index contributed by atoms with van der Waals surface area (Å²) in [5.74, 6) is -0.110. The molecule has 3 aromatic carbocycles. The molecular formula is C21H19N3O2. The van der Waals surface area contributed by atoms with Crippen molar-refractivity contribution in [2.75, 3.05) is 5.32 Å². The minimum Gasteiger partial charge on any atom is -0.325 e. The molecule has 5 heteroatoms. The molecule has 0 aliphatic carbocycles. The van der Waals surface area contributed by atoms with Crippen molar-refractivity contribution in [3.8, 4) is 0 Å². The summed E-state index contributed by atoms with van der Waals surface area (Å²) in [6.07, 6.45) is 0.233. The number of anilines is 1. The van der Waals surface area contributed by atoms with Crippen LogP contribution in [0.3, 0.4) is 0 Å². The molecule has 0 radical (unpaired) electrons. The van der Waals surface area contributed by atoms with E-state index in [9.17, 15) is 9.59 Å². The van der Waals surface area contributed by atoms with Gasteiger partial charge in [-0.1, -0.05) is 48.5 Å². The number of fused-ring (bicyclic) bond motifs is 2. The molecule has 0 spiro atoms. The topological polar surface area (TPSA) is 56.0 Å². The molecule has 26 heavy (non-hydrogen) atoms. The van der Waals surface area contributed by atoms with Crippen LogP contribution >= 0.6 is 0 Å². The molecular weight excluding hydrogens is 326 g/mol. The van der Waals surface area contributed by atoms with Gasteiger partial charge >= 0.3 is 5.69 Å². The number of imidazole rings is 1. The Kier molecular flexibility index (Phi) is 4.05. The Morgan fingerprint density at radius 1 is 0.923 bits per heavy atom. The zero-order valence-corrected chi connectivity index (χ0v) is 14.5. The first-order valence-corrected chi connectivity index (χ1v) is 8.57. The van der Waals surface area contributed by atoms with Gasteiger partial charge in [0.2, 0.25) is 5.91 Å². The molecule has 4 rings (SSSR count). The fourth-order valence-electron chi connectivity index (χ4n) is 3.34. The summed E-state index contributed by atoms with van der Waals surface area (Å²) in [7, 11) is 1.75. The number of nitrogens with zero attached hydrogens (tertiary/aromatic N) is 2. The van der Waals surface area contributed by atoms with E-state index in [2.05, 4.69) is 5.32 Å². The zero-order valence-electron chi connectivity index (χ0n) is 14.5. The highest BCUT2D eigenvalue weighted by Gasteiger charge is 2.12. The first-order chi connectivity index (χ1) is 12.6. The first kappa shape index (κ1) is 16.1. The standard InChI is InChI=1S/C21H19N3O2/c1-23-18-11-4-5-12-19(18)24(21(23)26)14-13-20(25)22-17-10-6-8-15-7-2-3-9-16(15)17/h2-12H,13-14H2,1H3,(H,22,25). The van der Waals surface area contributed by atoms with Gasteiger partial charge in [0.05, 0.1) is 11.0 Å². The van der Waals surface area contributed by atoms with Crippen LogP contribution in [0.25, 0.3) is 21.8 Å². The number of amides is 1. The Morgan fingerprint density at radius 2 is 1.62 bits per heavy atom. The second-order valence-electron chi connectivity index (χ2n) is 6.31. The van der Waals surface area contributed by atoms with Crippen LogP contribution in [-0.4, -0.2) is 15.0 Å². The number of hydrogen-bond acceptors (Lipinski definition) is 2. The largest absolute Gasteiger partial charge is 0.328 e. The number of aromatic nitrogens is 2. The van der Waals surface area contributed by atoms with Gasteiger partial charge in [0.1, 0.15) is 0 Å². The number of carbonyl (C=O) groups is 1. The maximum atomic E-state index is 12.5. The Bertz CT molecular complexity index is 1170. The highest BCUT2D eigenvalue weighted by molar-refractivity contribution is 6.02. The number of para-hydroxylation sites is 2. The van der Waals surface area contributed by atoms with Crippen molar-refractivity contribution in [1.82, 2.24) is 9.13 Å². The number of benzene rings is 3. The Hall–Kier alpha value is -3.34. The van der Waals surface area contributed by atoms with Gasteiger partial charge in [0.15, 0.2) is 0 Å². The highest BCUT2D eigenvalue weighted by atomic mass is 16.2. The Labute approximate surface area is 150 Å². The molecule has 1 N–H and O–H groups in total. The molecule has 1 heterocycles. The van der Waals surface area contributed by atoms with Gasteiger partial charge in [0, 0.05) is 31.1 Å². The second kappa shape index (κ2) is 6.52. The third kappa shape index (κ3) is 2.77. The third-order valence-electron chi connectivity index (χ3n) is 4.68. The lowest BCUT2D eigenvalue weighted by Gasteiger charge is -2.09. The third-order valence-corrected chi connectivity index (χ3v) is 4.68. The number of rotatable bonds is 4. The van der Waals surface area contributed by atoms with E-state index in [-0.39, 0.29) is 18.0 Å². The SMILES string of the molecule is Cn1c(=O)n(CCC(=O)Nc2cccc3ccccc23)c2ccccc21. The predicted molar refractivity (Wildman–Crippen MR) is 104 cm³/mol. The molecule has 130 valence electrons. The van der Waals surface area contributed by atoms with Gasteiger partial charge in [0.25, 0.3) is 0 Å². The van der Waals surface area contributed by atoms with E-state index in [1.54, 1.807) is 16.2 Å². The molecule has 5 nitrogen and oxygen atoms in total. The van der Waals surface area contributed by atoms with Crippen molar-refractivity contribution in [3.63, 3.8) is 0 Å². The van der Waals surface area contributed by atoms with Crippen LogP contribution in [0.5, 0.6) is 0 Å². The summed E-state index contributed by atoms with van der Waals surface area (Å²) in [6.45, 7) is 0.344. The van der Waals surface area contributed by atoms with Crippen LogP contribution in [0, 0.1) is 0 Å². The Balaban J connectivity index is 1.55. The van der Waals surface area contributed by atoms with E-state index in [1.165, 1.54) is 0 Å². The molecule has 0 bridgehead atoms. The number of nitrogens with one attached hydrogen (secondary N) is 1. The molecule has 0 unspecified atom stereocenters. The van der Waals surface area contributed by atoms with Crippen LogP contribution < -0.4 is 11.0 Å². The maximum Gasteiger partial charge on any atom is 0.328 e. The fourth-order valence-corrected chi connectivity index (χ4v) is 3.34. The summed E-state index contributed by atoms with van der Waals surface area (Å²) < 4.78 is 3.26. The molecule has 4 aromatic rings. The smallest absolute Gasteiger partial charge is 0.325 e. The molecule has 0 saturated heterocycles. The fraction of sp³-hybridized carbons (Fsp3) is 0.143. The summed E-state index contributed by atoms with van der Waals surface area (Å²) >= 11 is 0. The Morgan fingerprint density at radius 3 is 2.46 bits per heavy atom. The number of carbonyl (C=O) groups excluding carboxylic acids is 1. The maximum absolute atomic E-state index is 12.5. The zero-order chi connectivity index (χ0) is 18.1. The van der Waals surface area contributed by atoms with Gasteiger partial charge in [-0.15, -0.1) is 0 Å². The number of aryl methyl sites for hydroxylation is 2.